The van der Waals surface area contributed by atoms with Crippen LogP contribution in [0.15, 0.2) is 75.8 Å². The lowest BCUT2D eigenvalue weighted by atomic mass is 10.1. The Morgan fingerprint density at radius 3 is 2.56 bits per heavy atom. The summed E-state index contributed by atoms with van der Waals surface area (Å²) in [5.74, 6) is 1.45. The van der Waals surface area contributed by atoms with Crippen LogP contribution >= 0.6 is 0 Å². The maximum atomic E-state index is 5.96. The number of aryl methyl sites for hydroxylation is 1. The van der Waals surface area contributed by atoms with E-state index in [1.165, 1.54) is 0 Å². The highest BCUT2D eigenvalue weighted by atomic mass is 16.5. The lowest BCUT2D eigenvalue weighted by molar-refractivity contribution is 0.399. The van der Waals surface area contributed by atoms with Crippen molar-refractivity contribution in [3.05, 3.63) is 72.6 Å². The molecular formula is C21H14N4O2. The molecule has 0 fully saturated rings. The average Bonchev–Trinajstić information content (AvgIpc) is 3.35. The fourth-order valence-electron chi connectivity index (χ4n) is 3.07. The Morgan fingerprint density at radius 1 is 0.815 bits per heavy atom. The van der Waals surface area contributed by atoms with Crippen LogP contribution < -0.4 is 0 Å². The Bertz CT molecular complexity index is 1240. The zero-order valence-electron chi connectivity index (χ0n) is 14.5. The molecule has 0 saturated carbocycles. The van der Waals surface area contributed by atoms with Crippen molar-refractivity contribution in [2.45, 2.75) is 6.92 Å². The molecule has 0 N–H and O–H groups in total. The van der Waals surface area contributed by atoms with E-state index in [9.17, 15) is 0 Å². The first-order valence-electron chi connectivity index (χ1n) is 8.50. The van der Waals surface area contributed by atoms with E-state index in [1.54, 1.807) is 6.20 Å². The SMILES string of the molecule is Cc1onc(-c2ccccc2)c1-c1nnc(-c2ccc3ncccc3c2)o1. The average molecular weight is 354 g/mol. The molecule has 0 amide bonds. The lowest BCUT2D eigenvalue weighted by Gasteiger charge is -1.99. The van der Waals surface area contributed by atoms with Gasteiger partial charge in [0.25, 0.3) is 5.89 Å². The van der Waals surface area contributed by atoms with Crippen LogP contribution in [-0.2, 0) is 0 Å². The van der Waals surface area contributed by atoms with Crippen molar-refractivity contribution in [3.8, 4) is 34.2 Å². The van der Waals surface area contributed by atoms with Gasteiger partial charge in [0.2, 0.25) is 5.89 Å². The Balaban J connectivity index is 1.59. The number of aromatic nitrogens is 4. The van der Waals surface area contributed by atoms with Crippen LogP contribution in [0.2, 0.25) is 0 Å². The van der Waals surface area contributed by atoms with Crippen LogP contribution in [0, 0.1) is 6.92 Å². The molecule has 130 valence electrons. The number of rotatable bonds is 3. The van der Waals surface area contributed by atoms with Gasteiger partial charge in [0.05, 0.1) is 5.52 Å². The Labute approximate surface area is 154 Å². The normalized spacial score (nSPS) is 11.1. The van der Waals surface area contributed by atoms with E-state index in [0.29, 0.717) is 28.8 Å². The molecule has 0 aliphatic carbocycles. The Hall–Kier alpha value is -3.80. The van der Waals surface area contributed by atoms with Crippen LogP contribution in [0.25, 0.3) is 45.1 Å². The Kier molecular flexibility index (Phi) is 3.53. The van der Waals surface area contributed by atoms with Crippen molar-refractivity contribution < 1.29 is 8.94 Å². The van der Waals surface area contributed by atoms with Gasteiger partial charge in [-0.3, -0.25) is 4.98 Å². The maximum Gasteiger partial charge on any atom is 0.254 e. The van der Waals surface area contributed by atoms with Crippen LogP contribution in [-0.4, -0.2) is 20.3 Å². The number of hydrogen-bond acceptors (Lipinski definition) is 6. The van der Waals surface area contributed by atoms with Crippen LogP contribution in [0.1, 0.15) is 5.76 Å². The van der Waals surface area contributed by atoms with Crippen molar-refractivity contribution in [2.24, 2.45) is 0 Å². The minimum absolute atomic E-state index is 0.383. The van der Waals surface area contributed by atoms with Gasteiger partial charge in [-0.25, -0.2) is 0 Å². The zero-order valence-corrected chi connectivity index (χ0v) is 14.5. The smallest absolute Gasteiger partial charge is 0.254 e. The first kappa shape index (κ1) is 15.5. The second-order valence-electron chi connectivity index (χ2n) is 6.15. The molecule has 0 radical (unpaired) electrons. The minimum Gasteiger partial charge on any atom is -0.416 e. The fourth-order valence-corrected chi connectivity index (χ4v) is 3.07. The quantitative estimate of drug-likeness (QED) is 0.458. The highest BCUT2D eigenvalue weighted by molar-refractivity contribution is 5.83. The molecule has 3 aromatic heterocycles. The van der Waals surface area contributed by atoms with Gasteiger partial charge in [-0.15, -0.1) is 10.2 Å². The molecule has 6 heteroatoms. The second-order valence-corrected chi connectivity index (χ2v) is 6.15. The van der Waals surface area contributed by atoms with Gasteiger partial charge in [-0.05, 0) is 31.2 Å². The molecule has 0 aliphatic heterocycles. The van der Waals surface area contributed by atoms with Crippen LogP contribution in [0.3, 0.4) is 0 Å². The van der Waals surface area contributed by atoms with Crippen molar-refractivity contribution in [2.75, 3.05) is 0 Å². The van der Waals surface area contributed by atoms with E-state index in [2.05, 4.69) is 20.3 Å². The number of hydrogen-bond donors (Lipinski definition) is 0. The van der Waals surface area contributed by atoms with Gasteiger partial charge >= 0.3 is 0 Å². The van der Waals surface area contributed by atoms with Crippen LogP contribution in [0.4, 0.5) is 0 Å². The van der Waals surface area contributed by atoms with Gasteiger partial charge in [-0.2, -0.15) is 0 Å². The fraction of sp³-hybridized carbons (Fsp3) is 0.0476. The van der Waals surface area contributed by atoms with Gasteiger partial charge in [0.1, 0.15) is 17.0 Å². The van der Waals surface area contributed by atoms with Crippen molar-refractivity contribution in [1.29, 1.82) is 0 Å². The van der Waals surface area contributed by atoms with E-state index >= 15 is 0 Å². The summed E-state index contributed by atoms with van der Waals surface area (Å²) in [5.41, 5.74) is 4.08. The number of benzene rings is 2. The third kappa shape index (κ3) is 2.67. The van der Waals surface area contributed by atoms with Gasteiger partial charge in [-0.1, -0.05) is 41.6 Å². The summed E-state index contributed by atoms with van der Waals surface area (Å²) >= 11 is 0. The molecular weight excluding hydrogens is 340 g/mol. The van der Waals surface area contributed by atoms with Crippen LogP contribution in [0.5, 0.6) is 0 Å². The van der Waals surface area contributed by atoms with Crippen molar-refractivity contribution >= 4 is 10.9 Å². The van der Waals surface area contributed by atoms with E-state index < -0.39 is 0 Å². The topological polar surface area (TPSA) is 77.8 Å². The number of pyridine rings is 1. The summed E-state index contributed by atoms with van der Waals surface area (Å²) in [4.78, 5) is 4.33. The molecule has 0 unspecified atom stereocenters. The Morgan fingerprint density at radius 2 is 1.67 bits per heavy atom. The molecule has 3 heterocycles. The van der Waals surface area contributed by atoms with Gasteiger partial charge < -0.3 is 8.94 Å². The summed E-state index contributed by atoms with van der Waals surface area (Å²) in [7, 11) is 0. The number of fused-ring (bicyclic) bond motifs is 1. The standard InChI is InChI=1S/C21H14N4O2/c1-13-18(19(25-27-13)14-6-3-2-4-7-14)21-24-23-20(26-21)16-9-10-17-15(12-16)8-5-11-22-17/h2-12H,1H3. The van der Waals surface area contributed by atoms with Crippen molar-refractivity contribution in [1.82, 2.24) is 20.3 Å². The molecule has 2 aromatic carbocycles. The third-order valence-electron chi connectivity index (χ3n) is 4.40. The van der Waals surface area contributed by atoms with Gasteiger partial charge in [0, 0.05) is 22.7 Å². The summed E-state index contributed by atoms with van der Waals surface area (Å²) in [6, 6.07) is 19.5. The molecule has 5 rings (SSSR count). The van der Waals surface area contributed by atoms with E-state index in [1.807, 2.05) is 67.6 Å². The predicted octanol–water partition coefficient (Wildman–Crippen LogP) is 4.92. The highest BCUT2D eigenvalue weighted by Gasteiger charge is 2.22. The summed E-state index contributed by atoms with van der Waals surface area (Å²) in [6.07, 6.45) is 1.77. The molecule has 0 atom stereocenters. The molecule has 0 bridgehead atoms. The summed E-state index contributed by atoms with van der Waals surface area (Å²) in [6.45, 7) is 1.83. The minimum atomic E-state index is 0.383. The molecule has 0 aliphatic rings. The third-order valence-corrected chi connectivity index (χ3v) is 4.40. The monoisotopic (exact) mass is 354 g/mol. The predicted molar refractivity (Wildman–Crippen MR) is 101 cm³/mol. The summed E-state index contributed by atoms with van der Waals surface area (Å²) in [5, 5.41) is 13.6. The lowest BCUT2D eigenvalue weighted by Crippen LogP contribution is -1.84. The highest BCUT2D eigenvalue weighted by Crippen LogP contribution is 2.34. The number of nitrogens with zero attached hydrogens (tertiary/aromatic N) is 4. The molecule has 27 heavy (non-hydrogen) atoms. The van der Waals surface area contributed by atoms with E-state index in [4.69, 9.17) is 8.94 Å². The molecule has 5 aromatic rings. The molecule has 0 spiro atoms. The van der Waals surface area contributed by atoms with Gasteiger partial charge in [0.15, 0.2) is 0 Å². The van der Waals surface area contributed by atoms with Crippen molar-refractivity contribution in [3.63, 3.8) is 0 Å². The summed E-state index contributed by atoms with van der Waals surface area (Å²) < 4.78 is 11.4. The molecule has 6 nitrogen and oxygen atoms in total. The zero-order chi connectivity index (χ0) is 18.2. The largest absolute Gasteiger partial charge is 0.416 e. The van der Waals surface area contributed by atoms with E-state index in [0.717, 1.165) is 22.0 Å². The second kappa shape index (κ2) is 6.17. The van der Waals surface area contributed by atoms with E-state index in [-0.39, 0.29) is 0 Å². The maximum absolute atomic E-state index is 5.96. The first-order valence-corrected chi connectivity index (χ1v) is 8.50. The molecule has 0 saturated heterocycles. The first-order chi connectivity index (χ1) is 13.3.